The van der Waals surface area contributed by atoms with Gasteiger partial charge in [-0.2, -0.15) is 0 Å². The van der Waals surface area contributed by atoms with Crippen LogP contribution in [0.2, 0.25) is 0 Å². The lowest BCUT2D eigenvalue weighted by Gasteiger charge is -2.24. The van der Waals surface area contributed by atoms with Crippen molar-refractivity contribution in [1.29, 1.82) is 0 Å². The van der Waals surface area contributed by atoms with Crippen LogP contribution in [0.1, 0.15) is 6.92 Å². The zero-order chi connectivity index (χ0) is 15.1. The van der Waals surface area contributed by atoms with E-state index in [1.54, 1.807) is 18.2 Å². The predicted molar refractivity (Wildman–Crippen MR) is 74.5 cm³/mol. The molecule has 0 aliphatic carbocycles. The summed E-state index contributed by atoms with van der Waals surface area (Å²) >= 11 is 0. The molecule has 0 saturated carbocycles. The topological polar surface area (TPSA) is 65.1 Å². The second-order valence-electron chi connectivity index (χ2n) is 6.18. The summed E-state index contributed by atoms with van der Waals surface area (Å²) in [5.74, 6) is -0.0951. The number of nitrogens with zero attached hydrogens (tertiary/aromatic N) is 1. The lowest BCUT2D eigenvalue weighted by Crippen LogP contribution is -2.38. The maximum Gasteiger partial charge on any atom is 0.241 e. The van der Waals surface area contributed by atoms with Crippen molar-refractivity contribution in [3.05, 3.63) is 30.4 Å². The molecule has 2 amide bonds. The van der Waals surface area contributed by atoms with E-state index in [0.717, 1.165) is 0 Å². The Morgan fingerprint density at radius 2 is 2.00 bits per heavy atom. The van der Waals surface area contributed by atoms with Crippen LogP contribution in [0.15, 0.2) is 30.4 Å². The van der Waals surface area contributed by atoms with E-state index in [9.17, 15) is 9.59 Å². The molecule has 112 valence electrons. The van der Waals surface area contributed by atoms with Gasteiger partial charge in [-0.3, -0.25) is 9.59 Å². The molecule has 2 saturated heterocycles. The molecule has 2 fully saturated rings. The molecule has 4 aliphatic rings. The molecule has 22 heavy (non-hydrogen) atoms. The van der Waals surface area contributed by atoms with Gasteiger partial charge in [-0.15, -0.1) is 0 Å². The number of hydrogen-bond donors (Lipinski definition) is 0. The highest BCUT2D eigenvalue weighted by Crippen LogP contribution is 2.52. The van der Waals surface area contributed by atoms with Crippen molar-refractivity contribution in [1.82, 2.24) is 0 Å². The smallest absolute Gasteiger partial charge is 0.241 e. The summed E-state index contributed by atoms with van der Waals surface area (Å²) in [5, 5.41) is 0. The van der Waals surface area contributed by atoms with Crippen molar-refractivity contribution in [2.24, 2.45) is 11.8 Å². The standard InChI is InChI=1S/C16H13NO5/c1-16-5-4-10(22-16)12-13(16)15(19)17(14(12)18)8-2-3-9-11(6-8)21-7-20-9/h2-6,10,12-13H,7H2,1H3/t10-,12+,13-,16-/m1/s1. The molecule has 0 spiro atoms. The second-order valence-corrected chi connectivity index (χ2v) is 6.18. The average Bonchev–Trinajstić information content (AvgIpc) is 3.20. The van der Waals surface area contributed by atoms with Gasteiger partial charge in [-0.05, 0) is 19.1 Å². The minimum atomic E-state index is -0.673. The van der Waals surface area contributed by atoms with Crippen molar-refractivity contribution in [2.45, 2.75) is 18.6 Å². The highest BCUT2D eigenvalue weighted by molar-refractivity contribution is 6.23. The lowest BCUT2D eigenvalue weighted by molar-refractivity contribution is -0.126. The zero-order valence-corrected chi connectivity index (χ0v) is 11.8. The maximum atomic E-state index is 12.8. The van der Waals surface area contributed by atoms with Gasteiger partial charge in [0.2, 0.25) is 18.6 Å². The van der Waals surface area contributed by atoms with Crippen molar-refractivity contribution in [3.8, 4) is 11.5 Å². The molecule has 2 bridgehead atoms. The number of anilines is 1. The fraction of sp³-hybridized carbons (Fsp3) is 0.375. The van der Waals surface area contributed by atoms with E-state index in [-0.39, 0.29) is 24.7 Å². The van der Waals surface area contributed by atoms with E-state index in [0.29, 0.717) is 17.2 Å². The summed E-state index contributed by atoms with van der Waals surface area (Å²) in [7, 11) is 0. The molecule has 0 aromatic heterocycles. The lowest BCUT2D eigenvalue weighted by atomic mass is 9.78. The quantitative estimate of drug-likeness (QED) is 0.577. The third-order valence-corrected chi connectivity index (χ3v) is 4.94. The number of amides is 2. The third kappa shape index (κ3) is 1.29. The van der Waals surface area contributed by atoms with Crippen LogP contribution < -0.4 is 14.4 Å². The molecule has 4 atom stereocenters. The van der Waals surface area contributed by atoms with Crippen molar-refractivity contribution < 1.29 is 23.8 Å². The first-order valence-corrected chi connectivity index (χ1v) is 7.23. The molecular formula is C16H13NO5. The number of carbonyl (C=O) groups excluding carboxylic acids is 2. The predicted octanol–water partition coefficient (Wildman–Crippen LogP) is 1.25. The second kappa shape index (κ2) is 3.70. The maximum absolute atomic E-state index is 12.8. The number of carbonyl (C=O) groups is 2. The average molecular weight is 299 g/mol. The highest BCUT2D eigenvalue weighted by Gasteiger charge is 2.66. The first-order chi connectivity index (χ1) is 10.6. The molecule has 1 aromatic rings. The van der Waals surface area contributed by atoms with Gasteiger partial charge >= 0.3 is 0 Å². The molecule has 0 N–H and O–H groups in total. The van der Waals surface area contributed by atoms with Crippen molar-refractivity contribution >= 4 is 17.5 Å². The minimum absolute atomic E-state index is 0.157. The molecule has 5 rings (SSSR count). The van der Waals surface area contributed by atoms with Crippen LogP contribution in [-0.4, -0.2) is 30.3 Å². The summed E-state index contributed by atoms with van der Waals surface area (Å²) in [6.45, 7) is 2.02. The van der Waals surface area contributed by atoms with Crippen LogP contribution >= 0.6 is 0 Å². The number of ether oxygens (including phenoxy) is 3. The number of benzene rings is 1. The van der Waals surface area contributed by atoms with Gasteiger partial charge < -0.3 is 14.2 Å². The summed E-state index contributed by atoms with van der Waals surface area (Å²) in [6.07, 6.45) is 3.48. The summed E-state index contributed by atoms with van der Waals surface area (Å²) in [4.78, 5) is 26.8. The molecule has 0 unspecified atom stereocenters. The fourth-order valence-corrected chi connectivity index (χ4v) is 3.93. The van der Waals surface area contributed by atoms with Crippen LogP contribution in [0.3, 0.4) is 0 Å². The van der Waals surface area contributed by atoms with Gasteiger partial charge in [0.05, 0.1) is 29.2 Å². The zero-order valence-electron chi connectivity index (χ0n) is 11.8. The number of hydrogen-bond acceptors (Lipinski definition) is 5. The Hall–Kier alpha value is -2.34. The number of fused-ring (bicyclic) bond motifs is 6. The van der Waals surface area contributed by atoms with E-state index in [1.807, 2.05) is 19.1 Å². The Kier molecular flexibility index (Phi) is 2.06. The Labute approximate surface area is 126 Å². The SMILES string of the molecule is C[C@]12C=C[C@@H](O1)[C@@H]1C(=O)N(c3ccc4c(c3)OCO4)C(=O)[C@@H]12. The van der Waals surface area contributed by atoms with Gasteiger partial charge in [0.25, 0.3) is 0 Å². The Balaban J connectivity index is 1.58. The van der Waals surface area contributed by atoms with Gasteiger partial charge in [-0.25, -0.2) is 4.90 Å². The summed E-state index contributed by atoms with van der Waals surface area (Å²) in [6, 6.07) is 5.11. The van der Waals surface area contributed by atoms with Crippen molar-refractivity contribution in [3.63, 3.8) is 0 Å². The van der Waals surface area contributed by atoms with Crippen molar-refractivity contribution in [2.75, 3.05) is 11.7 Å². The van der Waals surface area contributed by atoms with Crippen LogP contribution in [0.5, 0.6) is 11.5 Å². The number of imide groups is 1. The molecular weight excluding hydrogens is 286 g/mol. The Morgan fingerprint density at radius 1 is 1.18 bits per heavy atom. The molecule has 0 radical (unpaired) electrons. The van der Waals surface area contributed by atoms with E-state index in [4.69, 9.17) is 14.2 Å². The molecule has 6 nitrogen and oxygen atoms in total. The van der Waals surface area contributed by atoms with Crippen LogP contribution in [-0.2, 0) is 14.3 Å². The normalized spacial score (nSPS) is 37.3. The monoisotopic (exact) mass is 299 g/mol. The van der Waals surface area contributed by atoms with Gasteiger partial charge in [-0.1, -0.05) is 12.2 Å². The van der Waals surface area contributed by atoms with Crippen LogP contribution in [0.4, 0.5) is 5.69 Å². The third-order valence-electron chi connectivity index (χ3n) is 4.94. The first kappa shape index (κ1) is 12.2. The first-order valence-electron chi connectivity index (χ1n) is 7.23. The molecule has 6 heteroatoms. The Bertz CT molecular complexity index is 757. The summed E-state index contributed by atoms with van der Waals surface area (Å²) in [5.41, 5.74) is -0.149. The Morgan fingerprint density at radius 3 is 2.82 bits per heavy atom. The molecule has 4 aliphatic heterocycles. The van der Waals surface area contributed by atoms with E-state index in [1.165, 1.54) is 4.90 Å². The molecule has 4 heterocycles. The van der Waals surface area contributed by atoms with Crippen LogP contribution in [0, 0.1) is 11.8 Å². The summed E-state index contributed by atoms with van der Waals surface area (Å²) < 4.78 is 16.4. The van der Waals surface area contributed by atoms with E-state index in [2.05, 4.69) is 0 Å². The highest BCUT2D eigenvalue weighted by atomic mass is 16.7. The number of rotatable bonds is 1. The van der Waals surface area contributed by atoms with Gasteiger partial charge in [0.15, 0.2) is 11.5 Å². The van der Waals surface area contributed by atoms with Gasteiger partial charge in [0.1, 0.15) is 0 Å². The molecule has 1 aromatic carbocycles. The largest absolute Gasteiger partial charge is 0.454 e. The van der Waals surface area contributed by atoms with Crippen LogP contribution in [0.25, 0.3) is 0 Å². The van der Waals surface area contributed by atoms with Gasteiger partial charge in [0, 0.05) is 6.07 Å². The van der Waals surface area contributed by atoms with E-state index >= 15 is 0 Å². The minimum Gasteiger partial charge on any atom is -0.454 e. The fourth-order valence-electron chi connectivity index (χ4n) is 3.93. The van der Waals surface area contributed by atoms with E-state index < -0.39 is 17.4 Å².